The molecule has 1 aliphatic rings. The number of piperidine rings is 1. The van der Waals surface area contributed by atoms with Gasteiger partial charge in [0.2, 0.25) is 0 Å². The third kappa shape index (κ3) is 3.68. The smallest absolute Gasteiger partial charge is 0.136 e. The molecule has 0 saturated carbocycles. The van der Waals surface area contributed by atoms with Gasteiger partial charge in [-0.1, -0.05) is 13.8 Å². The first kappa shape index (κ1) is 10.8. The molecule has 0 aromatic carbocycles. The number of hydrogen-bond acceptors (Lipinski definition) is 2. The standard InChI is InChI=1S/C6H12FNO.C2H6/c7-6(5-9)1-3-8-4-2-6;1-2/h8-9H,1-5H2;1-2H3. The summed E-state index contributed by atoms with van der Waals surface area (Å²) < 4.78 is 13.0. The molecule has 1 rings (SSSR count). The van der Waals surface area contributed by atoms with E-state index in [1.807, 2.05) is 13.8 Å². The molecule has 68 valence electrons. The second-order valence-corrected chi connectivity index (χ2v) is 2.56. The summed E-state index contributed by atoms with van der Waals surface area (Å²) in [6.07, 6.45) is 0.896. The van der Waals surface area contributed by atoms with Crippen LogP contribution in [0.3, 0.4) is 0 Å². The van der Waals surface area contributed by atoms with Crippen LogP contribution in [-0.4, -0.2) is 30.5 Å². The Morgan fingerprint density at radius 2 is 1.82 bits per heavy atom. The van der Waals surface area contributed by atoms with Gasteiger partial charge in [0.1, 0.15) is 5.67 Å². The summed E-state index contributed by atoms with van der Waals surface area (Å²) in [5.41, 5.74) is -1.29. The van der Waals surface area contributed by atoms with Crippen molar-refractivity contribution in [2.45, 2.75) is 32.4 Å². The van der Waals surface area contributed by atoms with E-state index in [1.165, 1.54) is 0 Å². The molecule has 2 N–H and O–H groups in total. The van der Waals surface area contributed by atoms with Crippen molar-refractivity contribution in [1.29, 1.82) is 0 Å². The average Bonchev–Trinajstić information content (AvgIpc) is 2.10. The minimum atomic E-state index is -1.29. The lowest BCUT2D eigenvalue weighted by atomic mass is 9.96. The SMILES string of the molecule is CC.OCC1(F)CCNCC1. The second kappa shape index (κ2) is 5.49. The molecule has 0 atom stereocenters. The Balaban J connectivity index is 0.000000461. The molecule has 11 heavy (non-hydrogen) atoms. The minimum Gasteiger partial charge on any atom is -0.393 e. The molecule has 1 fully saturated rings. The first-order valence-corrected chi connectivity index (χ1v) is 4.27. The number of rotatable bonds is 1. The van der Waals surface area contributed by atoms with E-state index in [0.29, 0.717) is 25.9 Å². The molecule has 0 spiro atoms. The van der Waals surface area contributed by atoms with Crippen LogP contribution < -0.4 is 5.32 Å². The van der Waals surface area contributed by atoms with Gasteiger partial charge in [-0.15, -0.1) is 0 Å². The molecule has 0 aliphatic carbocycles. The van der Waals surface area contributed by atoms with E-state index in [0.717, 1.165) is 0 Å². The van der Waals surface area contributed by atoms with Gasteiger partial charge in [0.25, 0.3) is 0 Å². The van der Waals surface area contributed by atoms with Gasteiger partial charge in [-0.25, -0.2) is 4.39 Å². The van der Waals surface area contributed by atoms with E-state index < -0.39 is 5.67 Å². The Bertz CT molecular complexity index is 92.1. The van der Waals surface area contributed by atoms with E-state index >= 15 is 0 Å². The van der Waals surface area contributed by atoms with Crippen molar-refractivity contribution in [2.24, 2.45) is 0 Å². The predicted molar refractivity (Wildman–Crippen MR) is 44.4 cm³/mol. The first-order chi connectivity index (χ1) is 5.27. The third-order valence-electron chi connectivity index (χ3n) is 1.78. The molecule has 3 heteroatoms. The quantitative estimate of drug-likeness (QED) is 0.606. The molecular formula is C8H18FNO. The maximum absolute atomic E-state index is 13.0. The molecule has 1 saturated heterocycles. The summed E-state index contributed by atoms with van der Waals surface area (Å²) in [5, 5.41) is 11.6. The normalized spacial score (nSPS) is 21.8. The van der Waals surface area contributed by atoms with Gasteiger partial charge in [0, 0.05) is 0 Å². The Morgan fingerprint density at radius 1 is 1.36 bits per heavy atom. The highest BCUT2D eigenvalue weighted by molar-refractivity contribution is 4.83. The summed E-state index contributed by atoms with van der Waals surface area (Å²) in [6.45, 7) is 5.06. The Morgan fingerprint density at radius 3 is 2.09 bits per heavy atom. The zero-order valence-electron chi connectivity index (χ0n) is 7.36. The number of aliphatic hydroxyl groups excluding tert-OH is 1. The summed E-state index contributed by atoms with van der Waals surface area (Å²) in [6, 6.07) is 0. The lowest BCUT2D eigenvalue weighted by molar-refractivity contribution is 0.0425. The largest absolute Gasteiger partial charge is 0.393 e. The molecule has 0 radical (unpaired) electrons. The molecular weight excluding hydrogens is 145 g/mol. The van der Waals surface area contributed by atoms with E-state index in [4.69, 9.17) is 5.11 Å². The van der Waals surface area contributed by atoms with E-state index in [1.54, 1.807) is 0 Å². The summed E-state index contributed by atoms with van der Waals surface area (Å²) in [5.74, 6) is 0. The molecule has 1 aliphatic heterocycles. The van der Waals surface area contributed by atoms with E-state index in [2.05, 4.69) is 5.32 Å². The molecule has 0 amide bonds. The van der Waals surface area contributed by atoms with Crippen molar-refractivity contribution in [1.82, 2.24) is 5.32 Å². The predicted octanol–water partition coefficient (Wildman–Crippen LogP) is 1.10. The van der Waals surface area contributed by atoms with Crippen LogP contribution >= 0.6 is 0 Å². The monoisotopic (exact) mass is 163 g/mol. The van der Waals surface area contributed by atoms with Crippen molar-refractivity contribution in [3.8, 4) is 0 Å². The van der Waals surface area contributed by atoms with Gasteiger partial charge in [-0.2, -0.15) is 0 Å². The lowest BCUT2D eigenvalue weighted by Gasteiger charge is -2.27. The molecule has 0 bridgehead atoms. The van der Waals surface area contributed by atoms with Gasteiger partial charge < -0.3 is 10.4 Å². The van der Waals surface area contributed by atoms with Crippen molar-refractivity contribution in [2.75, 3.05) is 19.7 Å². The maximum Gasteiger partial charge on any atom is 0.136 e. The Labute approximate surface area is 67.8 Å². The van der Waals surface area contributed by atoms with Gasteiger partial charge in [0.05, 0.1) is 6.61 Å². The maximum atomic E-state index is 13.0. The molecule has 2 nitrogen and oxygen atoms in total. The van der Waals surface area contributed by atoms with Gasteiger partial charge >= 0.3 is 0 Å². The van der Waals surface area contributed by atoms with Gasteiger partial charge in [-0.05, 0) is 25.9 Å². The summed E-state index contributed by atoms with van der Waals surface area (Å²) in [7, 11) is 0. The molecule has 0 unspecified atom stereocenters. The minimum absolute atomic E-state index is 0.325. The highest BCUT2D eigenvalue weighted by atomic mass is 19.1. The van der Waals surface area contributed by atoms with Crippen molar-refractivity contribution < 1.29 is 9.50 Å². The first-order valence-electron chi connectivity index (χ1n) is 4.27. The number of halogens is 1. The third-order valence-corrected chi connectivity index (χ3v) is 1.78. The van der Waals surface area contributed by atoms with Gasteiger partial charge in [0.15, 0.2) is 0 Å². The van der Waals surface area contributed by atoms with Crippen molar-refractivity contribution >= 4 is 0 Å². The van der Waals surface area contributed by atoms with E-state index in [-0.39, 0.29) is 6.61 Å². The lowest BCUT2D eigenvalue weighted by Crippen LogP contribution is -2.41. The van der Waals surface area contributed by atoms with Crippen LogP contribution in [0.15, 0.2) is 0 Å². The molecule has 0 aromatic rings. The van der Waals surface area contributed by atoms with E-state index in [9.17, 15) is 4.39 Å². The Kier molecular flexibility index (Phi) is 5.42. The van der Waals surface area contributed by atoms with Crippen LogP contribution in [0.1, 0.15) is 26.7 Å². The van der Waals surface area contributed by atoms with Crippen LogP contribution in [-0.2, 0) is 0 Å². The number of alkyl halides is 1. The Hall–Kier alpha value is -0.150. The zero-order chi connectivity index (χ0) is 8.74. The number of nitrogens with one attached hydrogen (secondary N) is 1. The average molecular weight is 163 g/mol. The van der Waals surface area contributed by atoms with Gasteiger partial charge in [-0.3, -0.25) is 0 Å². The number of aliphatic hydroxyl groups is 1. The van der Waals surface area contributed by atoms with Crippen LogP contribution in [0.4, 0.5) is 4.39 Å². The molecule has 0 aromatic heterocycles. The van der Waals surface area contributed by atoms with Crippen LogP contribution in [0.25, 0.3) is 0 Å². The van der Waals surface area contributed by atoms with Crippen LogP contribution in [0.5, 0.6) is 0 Å². The highest BCUT2D eigenvalue weighted by Gasteiger charge is 2.30. The summed E-state index contributed by atoms with van der Waals surface area (Å²) in [4.78, 5) is 0. The van der Waals surface area contributed by atoms with Crippen molar-refractivity contribution in [3.63, 3.8) is 0 Å². The fourth-order valence-electron chi connectivity index (χ4n) is 1.03. The molecule has 1 heterocycles. The fraction of sp³-hybridized carbons (Fsp3) is 1.00. The second-order valence-electron chi connectivity index (χ2n) is 2.56. The fourth-order valence-corrected chi connectivity index (χ4v) is 1.03. The number of hydrogen-bond donors (Lipinski definition) is 2. The van der Waals surface area contributed by atoms with Crippen LogP contribution in [0.2, 0.25) is 0 Å². The van der Waals surface area contributed by atoms with Crippen LogP contribution in [0, 0.1) is 0 Å². The van der Waals surface area contributed by atoms with Crippen molar-refractivity contribution in [3.05, 3.63) is 0 Å². The summed E-state index contributed by atoms with van der Waals surface area (Å²) >= 11 is 0. The highest BCUT2D eigenvalue weighted by Crippen LogP contribution is 2.21. The topological polar surface area (TPSA) is 32.3 Å². The zero-order valence-corrected chi connectivity index (χ0v) is 7.36.